The molecule has 8 heteroatoms. The van der Waals surface area contributed by atoms with Crippen molar-refractivity contribution in [2.24, 2.45) is 0 Å². The number of hydrogen-bond acceptors (Lipinski definition) is 5. The largest absolute Gasteiger partial charge is 0.385 e. The molecule has 0 spiro atoms. The molecule has 0 saturated heterocycles. The molecule has 0 fully saturated rings. The molecule has 1 amide bonds. The summed E-state index contributed by atoms with van der Waals surface area (Å²) in [6, 6.07) is 16.9. The molecule has 0 aliphatic rings. The molecule has 1 heterocycles. The Labute approximate surface area is 173 Å². The van der Waals surface area contributed by atoms with Crippen LogP contribution in [0.25, 0.3) is 11.4 Å². The first-order valence-corrected chi connectivity index (χ1v) is 10.2. The molecule has 3 rings (SSSR count). The van der Waals surface area contributed by atoms with Gasteiger partial charge in [-0.2, -0.15) is 0 Å². The average molecular weight is 417 g/mol. The second kappa shape index (κ2) is 10.3. The highest BCUT2D eigenvalue weighted by molar-refractivity contribution is 7.99. The van der Waals surface area contributed by atoms with E-state index in [1.54, 1.807) is 7.11 Å². The van der Waals surface area contributed by atoms with E-state index in [1.165, 1.54) is 11.8 Å². The van der Waals surface area contributed by atoms with Gasteiger partial charge in [-0.05, 0) is 30.7 Å². The highest BCUT2D eigenvalue weighted by Crippen LogP contribution is 2.29. The van der Waals surface area contributed by atoms with Gasteiger partial charge in [-0.3, -0.25) is 4.79 Å². The summed E-state index contributed by atoms with van der Waals surface area (Å²) in [6.07, 6.45) is 0.801. The summed E-state index contributed by atoms with van der Waals surface area (Å²) in [7, 11) is 1.67. The molecule has 0 radical (unpaired) electrons. The maximum atomic E-state index is 12.3. The van der Waals surface area contributed by atoms with E-state index in [1.807, 2.05) is 59.2 Å². The Morgan fingerprint density at radius 2 is 1.89 bits per heavy atom. The number of para-hydroxylation sites is 1. The van der Waals surface area contributed by atoms with Crippen LogP contribution < -0.4 is 5.32 Å². The van der Waals surface area contributed by atoms with Crippen molar-refractivity contribution in [1.82, 2.24) is 14.8 Å². The normalized spacial score (nSPS) is 10.8. The van der Waals surface area contributed by atoms with Crippen LogP contribution in [0.15, 0.2) is 59.8 Å². The van der Waals surface area contributed by atoms with Crippen LogP contribution in [-0.2, 0) is 16.1 Å². The van der Waals surface area contributed by atoms with Crippen molar-refractivity contribution in [2.45, 2.75) is 18.1 Å². The molecule has 1 N–H and O–H groups in total. The fourth-order valence-electron chi connectivity index (χ4n) is 2.65. The number of rotatable bonds is 9. The minimum atomic E-state index is -0.0954. The van der Waals surface area contributed by atoms with E-state index >= 15 is 0 Å². The van der Waals surface area contributed by atoms with E-state index < -0.39 is 0 Å². The molecule has 0 bridgehead atoms. The summed E-state index contributed by atoms with van der Waals surface area (Å²) in [6.45, 7) is 1.29. The van der Waals surface area contributed by atoms with E-state index in [9.17, 15) is 4.79 Å². The number of thioether (sulfide) groups is 1. The molecule has 0 aliphatic carbocycles. The van der Waals surface area contributed by atoms with Gasteiger partial charge >= 0.3 is 0 Å². The van der Waals surface area contributed by atoms with Crippen molar-refractivity contribution >= 4 is 35.0 Å². The van der Waals surface area contributed by atoms with Crippen LogP contribution in [0, 0.1) is 0 Å². The minimum Gasteiger partial charge on any atom is -0.385 e. The number of carbonyl (C=O) groups excluding carboxylic acids is 1. The lowest BCUT2D eigenvalue weighted by molar-refractivity contribution is -0.113. The molecule has 0 saturated carbocycles. The van der Waals surface area contributed by atoms with Crippen molar-refractivity contribution in [3.63, 3.8) is 0 Å². The van der Waals surface area contributed by atoms with Gasteiger partial charge in [-0.1, -0.05) is 53.7 Å². The predicted octanol–water partition coefficient (Wildman–Crippen LogP) is 4.37. The topological polar surface area (TPSA) is 69.0 Å². The van der Waals surface area contributed by atoms with Gasteiger partial charge in [-0.25, -0.2) is 0 Å². The van der Waals surface area contributed by atoms with Crippen molar-refractivity contribution in [3.05, 3.63) is 59.6 Å². The molecule has 2 aromatic carbocycles. The third kappa shape index (κ3) is 5.34. The lowest BCUT2D eigenvalue weighted by atomic mass is 10.2. The van der Waals surface area contributed by atoms with Crippen LogP contribution in [0.3, 0.4) is 0 Å². The van der Waals surface area contributed by atoms with Crippen molar-refractivity contribution in [1.29, 1.82) is 0 Å². The Morgan fingerprint density at radius 3 is 2.64 bits per heavy atom. The van der Waals surface area contributed by atoms with Gasteiger partial charge in [0, 0.05) is 31.5 Å². The van der Waals surface area contributed by atoms with Gasteiger partial charge in [0.25, 0.3) is 0 Å². The molecular formula is C20H21ClN4O2S. The van der Waals surface area contributed by atoms with E-state index in [2.05, 4.69) is 15.5 Å². The zero-order chi connectivity index (χ0) is 19.8. The van der Waals surface area contributed by atoms with Crippen LogP contribution >= 0.6 is 23.4 Å². The second-order valence-electron chi connectivity index (χ2n) is 5.99. The van der Waals surface area contributed by atoms with Gasteiger partial charge < -0.3 is 14.6 Å². The quantitative estimate of drug-likeness (QED) is 0.414. The SMILES string of the molecule is COCCCn1c(SCC(=O)Nc2ccccc2)nnc1-c1ccccc1Cl. The average Bonchev–Trinajstić information content (AvgIpc) is 3.10. The van der Waals surface area contributed by atoms with Crippen molar-refractivity contribution < 1.29 is 9.53 Å². The van der Waals surface area contributed by atoms with Crippen LogP contribution in [-0.4, -0.2) is 40.1 Å². The summed E-state index contributed by atoms with van der Waals surface area (Å²) < 4.78 is 7.15. The summed E-state index contributed by atoms with van der Waals surface area (Å²) in [5.74, 6) is 0.828. The molecule has 146 valence electrons. The zero-order valence-electron chi connectivity index (χ0n) is 15.5. The summed E-state index contributed by atoms with van der Waals surface area (Å²) >= 11 is 7.69. The van der Waals surface area contributed by atoms with E-state index in [0.717, 1.165) is 17.7 Å². The number of benzene rings is 2. The smallest absolute Gasteiger partial charge is 0.234 e. The van der Waals surface area contributed by atoms with Crippen LogP contribution in [0.4, 0.5) is 5.69 Å². The van der Waals surface area contributed by atoms with Gasteiger partial charge in [0.2, 0.25) is 5.91 Å². The fraction of sp³-hybridized carbons (Fsp3) is 0.250. The Bertz CT molecular complexity index is 918. The third-order valence-corrected chi connectivity index (χ3v) is 5.25. The molecule has 0 aliphatic heterocycles. The summed E-state index contributed by atoms with van der Waals surface area (Å²) in [4.78, 5) is 12.3. The highest BCUT2D eigenvalue weighted by Gasteiger charge is 2.17. The first kappa shape index (κ1) is 20.4. The van der Waals surface area contributed by atoms with E-state index in [0.29, 0.717) is 29.2 Å². The van der Waals surface area contributed by atoms with Gasteiger partial charge in [-0.15, -0.1) is 10.2 Å². The Hall–Kier alpha value is -2.35. The fourth-order valence-corrected chi connectivity index (χ4v) is 3.64. The van der Waals surface area contributed by atoms with Crippen molar-refractivity contribution in [2.75, 3.05) is 24.8 Å². The number of amides is 1. The summed E-state index contributed by atoms with van der Waals surface area (Å²) in [5, 5.41) is 12.8. The monoisotopic (exact) mass is 416 g/mol. The Kier molecular flexibility index (Phi) is 7.47. The molecule has 1 aromatic heterocycles. The maximum absolute atomic E-state index is 12.3. The number of halogens is 1. The summed E-state index contributed by atoms with van der Waals surface area (Å²) in [5.41, 5.74) is 1.58. The Morgan fingerprint density at radius 1 is 1.14 bits per heavy atom. The molecule has 6 nitrogen and oxygen atoms in total. The number of aromatic nitrogens is 3. The van der Waals surface area contributed by atoms with Crippen LogP contribution in [0.1, 0.15) is 6.42 Å². The lowest BCUT2D eigenvalue weighted by Crippen LogP contribution is -2.14. The Balaban J connectivity index is 1.74. The zero-order valence-corrected chi connectivity index (χ0v) is 17.0. The number of hydrogen-bond donors (Lipinski definition) is 1. The van der Waals surface area contributed by atoms with Crippen molar-refractivity contribution in [3.8, 4) is 11.4 Å². The highest BCUT2D eigenvalue weighted by atomic mass is 35.5. The molecule has 28 heavy (non-hydrogen) atoms. The van der Waals surface area contributed by atoms with Crippen LogP contribution in [0.2, 0.25) is 5.02 Å². The number of nitrogens with one attached hydrogen (secondary N) is 1. The maximum Gasteiger partial charge on any atom is 0.234 e. The third-order valence-electron chi connectivity index (χ3n) is 3.95. The molecular weight excluding hydrogens is 396 g/mol. The van der Waals surface area contributed by atoms with Gasteiger partial charge in [0.1, 0.15) is 0 Å². The molecule has 0 atom stereocenters. The standard InChI is InChI=1S/C20H21ClN4O2S/c1-27-13-7-12-25-19(16-10-5-6-11-17(16)21)23-24-20(25)28-14-18(26)22-15-8-3-2-4-9-15/h2-6,8-11H,7,12-14H2,1H3,(H,22,26). The number of nitrogens with zero attached hydrogens (tertiary/aromatic N) is 3. The lowest BCUT2D eigenvalue weighted by Gasteiger charge is -2.11. The molecule has 3 aromatic rings. The van der Waals surface area contributed by atoms with Gasteiger partial charge in [0.05, 0.1) is 10.8 Å². The number of methoxy groups -OCH3 is 1. The minimum absolute atomic E-state index is 0.0954. The second-order valence-corrected chi connectivity index (χ2v) is 7.34. The predicted molar refractivity (Wildman–Crippen MR) is 113 cm³/mol. The first-order valence-electron chi connectivity index (χ1n) is 8.84. The molecule has 0 unspecified atom stereocenters. The van der Waals surface area contributed by atoms with E-state index in [4.69, 9.17) is 16.3 Å². The van der Waals surface area contributed by atoms with Gasteiger partial charge in [0.15, 0.2) is 11.0 Å². The number of carbonyl (C=O) groups is 1. The van der Waals surface area contributed by atoms with E-state index in [-0.39, 0.29) is 11.7 Å². The van der Waals surface area contributed by atoms with Crippen LogP contribution in [0.5, 0.6) is 0 Å². The number of anilines is 1. The number of ether oxygens (including phenoxy) is 1. The first-order chi connectivity index (χ1) is 13.7.